The lowest BCUT2D eigenvalue weighted by Gasteiger charge is -2.30. The number of hydrogen-bond acceptors (Lipinski definition) is 1. The minimum Gasteiger partial charge on any atom is -0.305 e. The number of rotatable bonds is 6. The van der Waals surface area contributed by atoms with Gasteiger partial charge < -0.3 is 5.32 Å². The van der Waals surface area contributed by atoms with E-state index >= 15 is 0 Å². The molecule has 0 aliphatic carbocycles. The topological polar surface area (TPSA) is 12.0 Å². The highest BCUT2D eigenvalue weighted by Gasteiger charge is 2.25. The van der Waals surface area contributed by atoms with Crippen LogP contribution in [-0.2, 0) is 6.54 Å². The molecular formula is C12H15Cl3FN. The first-order valence-electron chi connectivity index (χ1n) is 5.38. The van der Waals surface area contributed by atoms with Crippen LogP contribution in [0.2, 0.25) is 5.02 Å². The highest BCUT2D eigenvalue weighted by atomic mass is 35.5. The van der Waals surface area contributed by atoms with Crippen LogP contribution < -0.4 is 5.32 Å². The van der Waals surface area contributed by atoms with Gasteiger partial charge in [0.25, 0.3) is 0 Å². The molecule has 0 radical (unpaired) electrons. The summed E-state index contributed by atoms with van der Waals surface area (Å²) in [5, 5.41) is 3.40. The molecule has 0 fully saturated rings. The number of halogens is 4. The van der Waals surface area contributed by atoms with Gasteiger partial charge in [-0.1, -0.05) is 30.7 Å². The molecule has 0 saturated heterocycles. The Bertz CT molecular complexity index is 359. The van der Waals surface area contributed by atoms with Gasteiger partial charge in [-0.15, -0.1) is 23.2 Å². The predicted octanol–water partition coefficient (Wildman–Crippen LogP) is 4.20. The first-order valence-corrected chi connectivity index (χ1v) is 6.83. The Hall–Kier alpha value is -0.0200. The van der Waals surface area contributed by atoms with Gasteiger partial charge in [0.1, 0.15) is 5.82 Å². The van der Waals surface area contributed by atoms with E-state index in [1.807, 2.05) is 6.92 Å². The molecule has 0 amide bonds. The summed E-state index contributed by atoms with van der Waals surface area (Å²) in [5.74, 6) is 0.393. The van der Waals surface area contributed by atoms with Gasteiger partial charge >= 0.3 is 0 Å². The summed E-state index contributed by atoms with van der Waals surface area (Å²) in [5.41, 5.74) is 0.374. The molecule has 5 heteroatoms. The average Bonchev–Trinajstić information content (AvgIpc) is 2.36. The molecule has 1 nitrogen and oxygen atoms in total. The van der Waals surface area contributed by atoms with Gasteiger partial charge in [-0.3, -0.25) is 0 Å². The van der Waals surface area contributed by atoms with Gasteiger partial charge in [0, 0.05) is 23.8 Å². The minimum atomic E-state index is -0.412. The Morgan fingerprint density at radius 1 is 1.29 bits per heavy atom. The smallest absolute Gasteiger partial charge is 0.142 e. The molecule has 1 N–H and O–H groups in total. The number of hydrogen-bond donors (Lipinski definition) is 1. The molecule has 0 atom stereocenters. The molecule has 1 rings (SSSR count). The molecule has 0 aromatic heterocycles. The van der Waals surface area contributed by atoms with Crippen LogP contribution in [0.4, 0.5) is 4.39 Å². The molecule has 0 heterocycles. The fourth-order valence-corrected chi connectivity index (χ4v) is 2.46. The third-order valence-corrected chi connectivity index (χ3v) is 4.32. The Labute approximate surface area is 116 Å². The van der Waals surface area contributed by atoms with Crippen LogP contribution >= 0.6 is 34.8 Å². The van der Waals surface area contributed by atoms with Gasteiger partial charge in [-0.05, 0) is 18.1 Å². The Kier molecular flexibility index (Phi) is 6.01. The second-order valence-electron chi connectivity index (χ2n) is 3.97. The van der Waals surface area contributed by atoms with Crippen molar-refractivity contribution >= 4 is 34.8 Å². The third-order valence-electron chi connectivity index (χ3n) is 2.87. The van der Waals surface area contributed by atoms with Crippen molar-refractivity contribution in [3.8, 4) is 0 Å². The van der Waals surface area contributed by atoms with Crippen molar-refractivity contribution in [2.24, 2.45) is 0 Å². The van der Waals surface area contributed by atoms with Crippen molar-refractivity contribution in [1.82, 2.24) is 5.32 Å². The van der Waals surface area contributed by atoms with E-state index in [1.165, 1.54) is 6.07 Å². The van der Waals surface area contributed by atoms with Crippen molar-refractivity contribution in [2.45, 2.75) is 25.4 Å². The lowest BCUT2D eigenvalue weighted by Crippen LogP contribution is -2.47. The Morgan fingerprint density at radius 3 is 2.47 bits per heavy atom. The van der Waals surface area contributed by atoms with Crippen molar-refractivity contribution < 1.29 is 4.39 Å². The largest absolute Gasteiger partial charge is 0.305 e. The first-order chi connectivity index (χ1) is 8.08. The summed E-state index contributed by atoms with van der Waals surface area (Å²) >= 11 is 17.7. The van der Waals surface area contributed by atoms with Crippen LogP contribution in [0, 0.1) is 5.82 Å². The molecule has 1 aromatic carbocycles. The number of benzene rings is 1. The predicted molar refractivity (Wildman–Crippen MR) is 72.7 cm³/mol. The van der Waals surface area contributed by atoms with Crippen LogP contribution in [-0.4, -0.2) is 17.3 Å². The molecule has 0 spiro atoms. The molecule has 0 aliphatic heterocycles. The van der Waals surface area contributed by atoms with Gasteiger partial charge in [0.2, 0.25) is 0 Å². The average molecular weight is 299 g/mol. The van der Waals surface area contributed by atoms with Crippen LogP contribution in [0.3, 0.4) is 0 Å². The highest BCUT2D eigenvalue weighted by molar-refractivity contribution is 6.31. The normalized spacial score (nSPS) is 11.8. The van der Waals surface area contributed by atoms with Gasteiger partial charge in [-0.2, -0.15) is 0 Å². The van der Waals surface area contributed by atoms with Crippen molar-refractivity contribution in [3.63, 3.8) is 0 Å². The minimum absolute atomic E-state index is 0.147. The summed E-state index contributed by atoms with van der Waals surface area (Å²) in [6.45, 7) is 2.45. The maximum Gasteiger partial charge on any atom is 0.142 e. The first kappa shape index (κ1) is 15.0. The standard InChI is InChI=1S/C12H15Cl3FN/c1-2-12(7-13,8-14)17-6-9-4-3-5-10(16)11(9)15/h3-5,17H,2,6-8H2,1H3. The van der Waals surface area contributed by atoms with E-state index in [9.17, 15) is 4.39 Å². The van der Waals surface area contributed by atoms with E-state index < -0.39 is 5.82 Å². The molecule has 96 valence electrons. The monoisotopic (exact) mass is 297 g/mol. The van der Waals surface area contributed by atoms with Crippen LogP contribution in [0.25, 0.3) is 0 Å². The van der Waals surface area contributed by atoms with Crippen LogP contribution in [0.5, 0.6) is 0 Å². The molecule has 17 heavy (non-hydrogen) atoms. The summed E-state index contributed by atoms with van der Waals surface area (Å²) in [6, 6.07) is 4.75. The SMILES string of the molecule is CCC(CCl)(CCl)NCc1cccc(F)c1Cl. The fourth-order valence-electron chi connectivity index (χ4n) is 1.41. The molecule has 0 saturated carbocycles. The quantitative estimate of drug-likeness (QED) is 0.776. The number of alkyl halides is 2. The van der Waals surface area contributed by atoms with Gasteiger partial charge in [-0.25, -0.2) is 4.39 Å². The van der Waals surface area contributed by atoms with E-state index in [1.54, 1.807) is 12.1 Å². The Morgan fingerprint density at radius 2 is 1.94 bits per heavy atom. The molecule has 0 bridgehead atoms. The van der Waals surface area contributed by atoms with E-state index in [4.69, 9.17) is 34.8 Å². The number of nitrogens with one attached hydrogen (secondary N) is 1. The van der Waals surface area contributed by atoms with E-state index in [2.05, 4.69) is 5.32 Å². The summed E-state index contributed by atoms with van der Waals surface area (Å²) in [6.07, 6.45) is 0.799. The summed E-state index contributed by atoms with van der Waals surface area (Å²) < 4.78 is 13.2. The zero-order valence-corrected chi connectivity index (χ0v) is 11.8. The molecule has 1 aromatic rings. The highest BCUT2D eigenvalue weighted by Crippen LogP contribution is 2.21. The summed E-state index contributed by atoms with van der Waals surface area (Å²) in [7, 11) is 0. The fraction of sp³-hybridized carbons (Fsp3) is 0.500. The van der Waals surface area contributed by atoms with Gasteiger partial charge in [0.15, 0.2) is 0 Å². The molecule has 0 aliphatic rings. The molecular weight excluding hydrogens is 283 g/mol. The van der Waals surface area contributed by atoms with E-state index in [0.717, 1.165) is 6.42 Å². The second-order valence-corrected chi connectivity index (χ2v) is 4.88. The zero-order valence-electron chi connectivity index (χ0n) is 9.57. The van der Waals surface area contributed by atoms with Crippen molar-refractivity contribution in [1.29, 1.82) is 0 Å². The van der Waals surface area contributed by atoms with Crippen molar-refractivity contribution in [2.75, 3.05) is 11.8 Å². The van der Waals surface area contributed by atoms with Crippen molar-refractivity contribution in [3.05, 3.63) is 34.6 Å². The summed E-state index contributed by atoms with van der Waals surface area (Å²) in [4.78, 5) is 0. The second kappa shape index (κ2) is 6.79. The van der Waals surface area contributed by atoms with E-state index in [0.29, 0.717) is 23.9 Å². The third kappa shape index (κ3) is 3.72. The van der Waals surface area contributed by atoms with Crippen LogP contribution in [0.1, 0.15) is 18.9 Å². The lowest BCUT2D eigenvalue weighted by atomic mass is 10.0. The van der Waals surface area contributed by atoms with E-state index in [-0.39, 0.29) is 10.6 Å². The maximum atomic E-state index is 13.2. The zero-order chi connectivity index (χ0) is 12.9. The molecule has 0 unspecified atom stereocenters. The Balaban J connectivity index is 2.75. The van der Waals surface area contributed by atoms with Crippen LogP contribution in [0.15, 0.2) is 18.2 Å². The lowest BCUT2D eigenvalue weighted by molar-refractivity contribution is 0.384. The maximum absolute atomic E-state index is 13.2. The van der Waals surface area contributed by atoms with Gasteiger partial charge in [0.05, 0.1) is 5.02 Å².